The van der Waals surface area contributed by atoms with Crippen molar-refractivity contribution in [3.05, 3.63) is 47.1 Å². The van der Waals surface area contributed by atoms with Crippen molar-refractivity contribution in [2.45, 2.75) is 42.4 Å². The molecule has 3 saturated heterocycles. The molecule has 0 spiro atoms. The second-order valence-corrected chi connectivity index (χ2v) is 12.3. The fourth-order valence-corrected chi connectivity index (χ4v) is 6.93. The molecule has 3 aliphatic heterocycles. The van der Waals surface area contributed by atoms with Gasteiger partial charge in [0.05, 0.1) is 10.5 Å². The van der Waals surface area contributed by atoms with E-state index < -0.39 is 21.8 Å². The molecular weight excluding hydrogens is 557 g/mol. The maximum absolute atomic E-state index is 13.3. The molecule has 212 valence electrons. The average molecular weight is 587 g/mol. The van der Waals surface area contributed by atoms with Crippen LogP contribution in [0.4, 0.5) is 24.7 Å². The minimum Gasteiger partial charge on any atom is -0.354 e. The molecule has 1 amide bonds. The molecule has 0 radical (unpaired) electrons. The van der Waals surface area contributed by atoms with Crippen molar-refractivity contribution >= 4 is 39.0 Å². The van der Waals surface area contributed by atoms with Gasteiger partial charge >= 0.3 is 6.18 Å². The highest BCUT2D eigenvalue weighted by Crippen LogP contribution is 2.33. The predicted octanol–water partition coefficient (Wildman–Crippen LogP) is 2.71. The normalized spacial score (nSPS) is 22.1. The highest BCUT2D eigenvalue weighted by molar-refractivity contribution is 7.89. The Bertz CT molecular complexity index is 1300. The van der Waals surface area contributed by atoms with Gasteiger partial charge in [-0.1, -0.05) is 11.6 Å². The molecule has 1 unspecified atom stereocenters. The van der Waals surface area contributed by atoms with E-state index in [1.807, 2.05) is 0 Å². The number of hydrogen-bond acceptors (Lipinski definition) is 7. The van der Waals surface area contributed by atoms with Crippen LogP contribution in [0.1, 0.15) is 24.8 Å². The minimum atomic E-state index is -4.57. The zero-order valence-electron chi connectivity index (χ0n) is 21.1. The van der Waals surface area contributed by atoms with Crippen molar-refractivity contribution in [1.82, 2.24) is 19.9 Å². The van der Waals surface area contributed by atoms with E-state index in [0.717, 1.165) is 38.1 Å². The first-order valence-corrected chi connectivity index (χ1v) is 14.7. The first-order chi connectivity index (χ1) is 18.5. The highest BCUT2D eigenvalue weighted by Gasteiger charge is 2.35. The Morgan fingerprint density at radius 2 is 1.67 bits per heavy atom. The van der Waals surface area contributed by atoms with Gasteiger partial charge in [-0.25, -0.2) is 13.4 Å². The molecular formula is C25H30ClF3N6O3S. The van der Waals surface area contributed by atoms with Gasteiger partial charge in [0.2, 0.25) is 15.9 Å². The molecule has 4 heterocycles. The van der Waals surface area contributed by atoms with Crippen molar-refractivity contribution in [3.8, 4) is 0 Å². The number of nitrogens with zero attached hydrogens (tertiary/aromatic N) is 4. The number of rotatable bonds is 6. The van der Waals surface area contributed by atoms with Crippen LogP contribution in [0.3, 0.4) is 0 Å². The van der Waals surface area contributed by atoms with Gasteiger partial charge in [-0.05, 0) is 62.3 Å². The SMILES string of the molecule is O=C1CC(NC2CCNCC2)CN1c1ccc(S(=O)(=O)N2CCN(c3cc(C(F)(F)F)cc(Cl)n3)CC2)cc1. The third kappa shape index (κ3) is 6.32. The Morgan fingerprint density at radius 1 is 1.00 bits per heavy atom. The summed E-state index contributed by atoms with van der Waals surface area (Å²) in [5.41, 5.74) is -0.261. The van der Waals surface area contributed by atoms with Crippen molar-refractivity contribution in [3.63, 3.8) is 0 Å². The maximum atomic E-state index is 13.3. The lowest BCUT2D eigenvalue weighted by atomic mass is 10.1. The number of aromatic nitrogens is 1. The van der Waals surface area contributed by atoms with E-state index in [1.165, 1.54) is 16.4 Å². The van der Waals surface area contributed by atoms with Crippen LogP contribution in [0.25, 0.3) is 0 Å². The Balaban J connectivity index is 1.21. The van der Waals surface area contributed by atoms with E-state index in [4.69, 9.17) is 11.6 Å². The summed E-state index contributed by atoms with van der Waals surface area (Å²) < 4.78 is 67.3. The van der Waals surface area contributed by atoms with Crippen LogP contribution in [0.2, 0.25) is 5.15 Å². The summed E-state index contributed by atoms with van der Waals surface area (Å²) in [6.45, 7) is 2.94. The number of carbonyl (C=O) groups excluding carboxylic acids is 1. The summed E-state index contributed by atoms with van der Waals surface area (Å²) in [7, 11) is -3.83. The molecule has 2 aromatic rings. The molecule has 9 nitrogen and oxygen atoms in total. The van der Waals surface area contributed by atoms with Crippen molar-refractivity contribution < 1.29 is 26.4 Å². The molecule has 1 atom stereocenters. The maximum Gasteiger partial charge on any atom is 0.416 e. The molecule has 3 fully saturated rings. The molecule has 14 heteroatoms. The second-order valence-electron chi connectivity index (χ2n) is 10.0. The molecule has 5 rings (SSSR count). The summed E-state index contributed by atoms with van der Waals surface area (Å²) in [5, 5.41) is 6.63. The molecule has 39 heavy (non-hydrogen) atoms. The zero-order chi connectivity index (χ0) is 27.8. The number of benzene rings is 1. The smallest absolute Gasteiger partial charge is 0.354 e. The summed E-state index contributed by atoms with van der Waals surface area (Å²) >= 11 is 5.80. The summed E-state index contributed by atoms with van der Waals surface area (Å²) in [5.74, 6) is 0.0518. The lowest BCUT2D eigenvalue weighted by Crippen LogP contribution is -2.49. The highest BCUT2D eigenvalue weighted by atomic mass is 35.5. The average Bonchev–Trinajstić information content (AvgIpc) is 3.28. The molecule has 3 aliphatic rings. The summed E-state index contributed by atoms with van der Waals surface area (Å²) in [4.78, 5) is 20.0. The number of carbonyl (C=O) groups is 1. The molecule has 2 N–H and O–H groups in total. The standard InChI is InChI=1S/C25H30ClF3N6O3S/c26-22-13-17(25(27,28)29)14-23(32-22)33-9-11-34(12-10-33)39(37,38)21-3-1-20(2-4-21)35-16-19(15-24(35)36)31-18-5-7-30-8-6-18/h1-4,13-14,18-19,30-31H,5-12,15-16H2. The van der Waals surface area contributed by atoms with Crippen LogP contribution in [0, 0.1) is 0 Å². The third-order valence-electron chi connectivity index (χ3n) is 7.39. The van der Waals surface area contributed by atoms with E-state index in [1.54, 1.807) is 21.9 Å². The number of pyridine rings is 1. The zero-order valence-corrected chi connectivity index (χ0v) is 22.7. The van der Waals surface area contributed by atoms with E-state index in [9.17, 15) is 26.4 Å². The number of alkyl halides is 3. The second kappa shape index (κ2) is 11.2. The largest absolute Gasteiger partial charge is 0.416 e. The molecule has 0 aliphatic carbocycles. The first-order valence-electron chi connectivity index (χ1n) is 12.9. The van der Waals surface area contributed by atoms with Gasteiger partial charge in [0.15, 0.2) is 0 Å². The van der Waals surface area contributed by atoms with Crippen molar-refractivity contribution in [2.24, 2.45) is 0 Å². The van der Waals surface area contributed by atoms with Crippen LogP contribution >= 0.6 is 11.6 Å². The van der Waals surface area contributed by atoms with Gasteiger partial charge in [-0.15, -0.1) is 0 Å². The van der Waals surface area contributed by atoms with Gasteiger partial charge in [0, 0.05) is 56.9 Å². The van der Waals surface area contributed by atoms with Crippen LogP contribution in [-0.4, -0.2) is 81.5 Å². The van der Waals surface area contributed by atoms with Gasteiger partial charge in [0.25, 0.3) is 0 Å². The van der Waals surface area contributed by atoms with Gasteiger partial charge < -0.3 is 20.4 Å². The van der Waals surface area contributed by atoms with Crippen molar-refractivity contribution in [1.29, 1.82) is 0 Å². The Labute approximate surface area is 230 Å². The number of amides is 1. The number of nitrogens with one attached hydrogen (secondary N) is 2. The number of sulfonamides is 1. The fraction of sp³-hybridized carbons (Fsp3) is 0.520. The van der Waals surface area contributed by atoms with E-state index in [2.05, 4.69) is 15.6 Å². The monoisotopic (exact) mass is 586 g/mol. The van der Waals surface area contributed by atoms with Gasteiger partial charge in [-0.2, -0.15) is 17.5 Å². The molecule has 1 aromatic carbocycles. The molecule has 0 bridgehead atoms. The summed E-state index contributed by atoms with van der Waals surface area (Å²) in [6, 6.07) is 8.39. The van der Waals surface area contributed by atoms with Gasteiger partial charge in [-0.3, -0.25) is 4.79 Å². The quantitative estimate of drug-likeness (QED) is 0.502. The Kier molecular flexibility index (Phi) is 8.07. The Morgan fingerprint density at radius 3 is 2.31 bits per heavy atom. The lowest BCUT2D eigenvalue weighted by Gasteiger charge is -2.35. The third-order valence-corrected chi connectivity index (χ3v) is 9.50. The Hall–Kier alpha value is -2.45. The fourth-order valence-electron chi connectivity index (χ4n) is 5.30. The first kappa shape index (κ1) is 28.1. The van der Waals surface area contributed by atoms with Gasteiger partial charge in [0.1, 0.15) is 11.0 Å². The number of hydrogen-bond donors (Lipinski definition) is 2. The van der Waals surface area contributed by atoms with Crippen LogP contribution in [0.15, 0.2) is 41.3 Å². The number of piperidine rings is 1. The topological polar surface area (TPSA) is 97.9 Å². The van der Waals surface area contributed by atoms with Crippen LogP contribution in [0.5, 0.6) is 0 Å². The van der Waals surface area contributed by atoms with E-state index in [0.29, 0.717) is 24.7 Å². The van der Waals surface area contributed by atoms with Crippen LogP contribution < -0.4 is 20.4 Å². The predicted molar refractivity (Wildman–Crippen MR) is 141 cm³/mol. The lowest BCUT2D eigenvalue weighted by molar-refractivity contribution is -0.137. The van der Waals surface area contributed by atoms with E-state index in [-0.39, 0.29) is 54.0 Å². The minimum absolute atomic E-state index is 0.00327. The molecule has 1 aromatic heterocycles. The van der Waals surface area contributed by atoms with Crippen LogP contribution in [-0.2, 0) is 21.0 Å². The number of halogens is 4. The number of piperazine rings is 1. The molecule has 0 saturated carbocycles. The summed E-state index contributed by atoms with van der Waals surface area (Å²) in [6.07, 6.45) is -2.12. The van der Waals surface area contributed by atoms with Crippen molar-refractivity contribution in [2.75, 3.05) is 55.6 Å². The number of anilines is 2. The van der Waals surface area contributed by atoms with E-state index >= 15 is 0 Å².